The molecule has 0 aliphatic rings. The first-order valence-electron chi connectivity index (χ1n) is 7.25. The summed E-state index contributed by atoms with van der Waals surface area (Å²) in [7, 11) is 3.91. The number of ether oxygens (including phenoxy) is 4. The highest BCUT2D eigenvalue weighted by atomic mass is 32.1. The van der Waals surface area contributed by atoms with Gasteiger partial charge < -0.3 is 18.9 Å². The van der Waals surface area contributed by atoms with Crippen molar-refractivity contribution < 1.29 is 36.9 Å². The van der Waals surface area contributed by atoms with Crippen molar-refractivity contribution in [1.82, 2.24) is 4.98 Å². The van der Waals surface area contributed by atoms with Gasteiger partial charge in [-0.1, -0.05) is 29.5 Å². The van der Waals surface area contributed by atoms with Crippen LogP contribution in [0.25, 0.3) is 0 Å². The fraction of sp³-hybridized carbons (Fsp3) is 0.375. The van der Waals surface area contributed by atoms with Gasteiger partial charge in [-0.25, -0.2) is 4.98 Å². The van der Waals surface area contributed by atoms with Crippen LogP contribution in [-0.2, 0) is 25.2 Å². The van der Waals surface area contributed by atoms with E-state index < -0.39 is 29.2 Å². The third kappa shape index (κ3) is 4.51. The van der Waals surface area contributed by atoms with E-state index in [2.05, 4.69) is 4.98 Å². The zero-order chi connectivity index (χ0) is 19.3. The van der Waals surface area contributed by atoms with Gasteiger partial charge in [-0.05, 0) is 6.07 Å². The van der Waals surface area contributed by atoms with Crippen molar-refractivity contribution in [3.8, 4) is 10.9 Å². The van der Waals surface area contributed by atoms with Crippen LogP contribution in [0.1, 0.15) is 16.4 Å². The highest BCUT2D eigenvalue weighted by molar-refractivity contribution is 7.13. The Morgan fingerprint density at radius 2 is 1.81 bits per heavy atom. The van der Waals surface area contributed by atoms with E-state index in [9.17, 15) is 18.0 Å². The van der Waals surface area contributed by atoms with E-state index in [1.54, 1.807) is 18.2 Å². The Morgan fingerprint density at radius 1 is 1.15 bits per heavy atom. The smallest absolute Gasteiger partial charge is 0.427 e. The number of para-hydroxylation sites is 1. The lowest BCUT2D eigenvalue weighted by atomic mass is 9.97. The van der Waals surface area contributed by atoms with Crippen molar-refractivity contribution in [3.63, 3.8) is 0 Å². The number of halogens is 3. The predicted molar refractivity (Wildman–Crippen MR) is 86.2 cm³/mol. The number of methoxy groups -OCH3 is 3. The van der Waals surface area contributed by atoms with Crippen LogP contribution in [0.5, 0.6) is 10.9 Å². The zero-order valence-electron chi connectivity index (χ0n) is 14.1. The Labute approximate surface area is 151 Å². The minimum Gasteiger partial charge on any atom is -0.468 e. The molecule has 10 heteroatoms. The molecule has 1 atom stereocenters. The van der Waals surface area contributed by atoms with E-state index in [-0.39, 0.29) is 10.9 Å². The molecule has 0 radical (unpaired) electrons. The largest absolute Gasteiger partial charge is 0.468 e. The van der Waals surface area contributed by atoms with Gasteiger partial charge in [0.2, 0.25) is 0 Å². The van der Waals surface area contributed by atoms with Gasteiger partial charge >= 0.3 is 12.1 Å². The molecule has 0 amide bonds. The number of nitrogens with zero attached hydrogens (tertiary/aromatic N) is 1. The maximum Gasteiger partial charge on any atom is 0.427 e. The molecule has 142 valence electrons. The SMILES string of the molecule is COC(=O)C(c1ccccc1Oc1ncc(C(F)(F)F)s1)C(OC)OC. The Morgan fingerprint density at radius 3 is 2.35 bits per heavy atom. The summed E-state index contributed by atoms with van der Waals surface area (Å²) in [5.74, 6) is -1.51. The number of hydrogen-bond donors (Lipinski definition) is 0. The number of benzene rings is 1. The summed E-state index contributed by atoms with van der Waals surface area (Å²) in [5, 5.41) is -0.209. The number of esters is 1. The number of carbonyl (C=O) groups is 1. The standard InChI is InChI=1S/C16H16F3NO5S/c1-22-13(21)12(14(23-2)24-3)9-6-4-5-7-10(9)25-15-20-8-11(26-15)16(17,18)19/h4-8,12,14H,1-3H3. The average molecular weight is 391 g/mol. The van der Waals surface area contributed by atoms with Gasteiger partial charge in [-0.3, -0.25) is 4.79 Å². The van der Waals surface area contributed by atoms with Crippen LogP contribution in [-0.4, -0.2) is 38.6 Å². The Hall–Kier alpha value is -2.17. The van der Waals surface area contributed by atoms with Gasteiger partial charge in [0.25, 0.3) is 5.19 Å². The molecular formula is C16H16F3NO5S. The highest BCUT2D eigenvalue weighted by Crippen LogP contribution is 2.39. The van der Waals surface area contributed by atoms with E-state index >= 15 is 0 Å². The molecule has 1 heterocycles. The normalized spacial score (nSPS) is 12.9. The first kappa shape index (κ1) is 20.1. The molecule has 0 bridgehead atoms. The topological polar surface area (TPSA) is 66.9 Å². The molecule has 0 aliphatic carbocycles. The molecule has 2 aromatic rings. The summed E-state index contributed by atoms with van der Waals surface area (Å²) in [6.45, 7) is 0. The fourth-order valence-corrected chi connectivity index (χ4v) is 2.89. The van der Waals surface area contributed by atoms with E-state index in [0.29, 0.717) is 23.1 Å². The minimum absolute atomic E-state index is 0.144. The quantitative estimate of drug-likeness (QED) is 0.528. The Bertz CT molecular complexity index is 745. The van der Waals surface area contributed by atoms with Gasteiger partial charge in [0.05, 0.1) is 13.3 Å². The van der Waals surface area contributed by atoms with Crippen molar-refractivity contribution in [2.45, 2.75) is 18.4 Å². The Kier molecular flexibility index (Phi) is 6.57. The second-order valence-corrected chi connectivity index (χ2v) is 5.96. The summed E-state index contributed by atoms with van der Waals surface area (Å²) in [6.07, 6.45) is -4.80. The van der Waals surface area contributed by atoms with Crippen molar-refractivity contribution in [2.24, 2.45) is 0 Å². The third-order valence-corrected chi connectivity index (χ3v) is 4.33. The number of thiazole rings is 1. The average Bonchev–Trinajstić information content (AvgIpc) is 3.09. The van der Waals surface area contributed by atoms with E-state index in [1.165, 1.54) is 27.4 Å². The van der Waals surface area contributed by atoms with E-state index in [4.69, 9.17) is 18.9 Å². The molecule has 6 nitrogen and oxygen atoms in total. The van der Waals surface area contributed by atoms with E-state index in [0.717, 1.165) is 0 Å². The van der Waals surface area contributed by atoms with Gasteiger partial charge in [0.1, 0.15) is 16.5 Å². The van der Waals surface area contributed by atoms with Gasteiger partial charge in [0, 0.05) is 19.8 Å². The van der Waals surface area contributed by atoms with Crippen LogP contribution in [0.4, 0.5) is 13.2 Å². The molecule has 1 aromatic carbocycles. The molecule has 0 spiro atoms. The maximum absolute atomic E-state index is 12.7. The van der Waals surface area contributed by atoms with Crippen LogP contribution >= 0.6 is 11.3 Å². The van der Waals surface area contributed by atoms with Crippen molar-refractivity contribution in [2.75, 3.05) is 21.3 Å². The van der Waals surface area contributed by atoms with Crippen LogP contribution in [0.3, 0.4) is 0 Å². The Balaban J connectivity index is 2.39. The summed E-state index contributed by atoms with van der Waals surface area (Å²) < 4.78 is 58.7. The molecule has 2 rings (SSSR count). The molecule has 1 aromatic heterocycles. The van der Waals surface area contributed by atoms with Crippen molar-refractivity contribution in [3.05, 3.63) is 40.9 Å². The lowest BCUT2D eigenvalue weighted by molar-refractivity contribution is -0.163. The third-order valence-electron chi connectivity index (χ3n) is 3.41. The van der Waals surface area contributed by atoms with Crippen LogP contribution in [0, 0.1) is 0 Å². The summed E-state index contributed by atoms with van der Waals surface area (Å²) >= 11 is 0.352. The van der Waals surface area contributed by atoms with E-state index in [1.807, 2.05) is 0 Å². The van der Waals surface area contributed by atoms with Crippen LogP contribution < -0.4 is 4.74 Å². The minimum atomic E-state index is -4.51. The first-order valence-corrected chi connectivity index (χ1v) is 8.06. The molecular weight excluding hydrogens is 375 g/mol. The number of rotatable bonds is 7. The summed E-state index contributed by atoms with van der Waals surface area (Å²) in [5.41, 5.74) is 0.330. The fourth-order valence-electron chi connectivity index (χ4n) is 2.24. The van der Waals surface area contributed by atoms with Crippen LogP contribution in [0.2, 0.25) is 0 Å². The number of alkyl halides is 3. The summed E-state index contributed by atoms with van der Waals surface area (Å²) in [6, 6.07) is 6.33. The second-order valence-electron chi connectivity index (χ2n) is 4.97. The molecule has 26 heavy (non-hydrogen) atoms. The predicted octanol–water partition coefficient (Wildman–Crippen LogP) is 3.83. The molecule has 0 saturated heterocycles. The first-order chi connectivity index (χ1) is 12.3. The van der Waals surface area contributed by atoms with Crippen LogP contribution in [0.15, 0.2) is 30.5 Å². The molecule has 1 unspecified atom stereocenters. The molecule has 0 aliphatic heterocycles. The zero-order valence-corrected chi connectivity index (χ0v) is 14.9. The number of aromatic nitrogens is 1. The second kappa shape index (κ2) is 8.47. The van der Waals surface area contributed by atoms with Crippen molar-refractivity contribution in [1.29, 1.82) is 0 Å². The highest BCUT2D eigenvalue weighted by Gasteiger charge is 2.35. The lowest BCUT2D eigenvalue weighted by Crippen LogP contribution is -2.30. The van der Waals surface area contributed by atoms with Gasteiger partial charge in [0.15, 0.2) is 6.29 Å². The summed E-state index contributed by atoms with van der Waals surface area (Å²) in [4.78, 5) is 15.0. The van der Waals surface area contributed by atoms with Gasteiger partial charge in [-0.15, -0.1) is 0 Å². The monoisotopic (exact) mass is 391 g/mol. The molecule has 0 saturated carbocycles. The molecule has 0 fully saturated rings. The number of hydrogen-bond acceptors (Lipinski definition) is 7. The molecule has 0 N–H and O–H groups in total. The lowest BCUT2D eigenvalue weighted by Gasteiger charge is -2.24. The van der Waals surface area contributed by atoms with Gasteiger partial charge in [-0.2, -0.15) is 13.2 Å². The van der Waals surface area contributed by atoms with Crippen molar-refractivity contribution >= 4 is 17.3 Å². The maximum atomic E-state index is 12.7. The number of carbonyl (C=O) groups excluding carboxylic acids is 1.